The molecule has 0 saturated heterocycles. The molecule has 1 aliphatic carbocycles. The van der Waals surface area contributed by atoms with Gasteiger partial charge in [0, 0.05) is 12.6 Å². The zero-order chi connectivity index (χ0) is 13.7. The minimum atomic E-state index is -0.869. The Morgan fingerprint density at radius 1 is 1.37 bits per heavy atom. The zero-order valence-electron chi connectivity index (χ0n) is 10.6. The molecule has 0 bridgehead atoms. The van der Waals surface area contributed by atoms with Gasteiger partial charge in [-0.05, 0) is 25.0 Å². The maximum Gasteiger partial charge on any atom is 0.310 e. The zero-order valence-corrected chi connectivity index (χ0v) is 10.6. The number of aromatic nitrogens is 2. The van der Waals surface area contributed by atoms with Crippen molar-refractivity contribution in [3.63, 3.8) is 0 Å². The molecule has 1 aliphatic rings. The molecule has 1 saturated carbocycles. The van der Waals surface area contributed by atoms with Crippen molar-refractivity contribution in [3.05, 3.63) is 24.0 Å². The number of hydrogen-bond acceptors (Lipinski definition) is 4. The van der Waals surface area contributed by atoms with E-state index in [1.165, 1.54) is 0 Å². The van der Waals surface area contributed by atoms with E-state index in [9.17, 15) is 14.7 Å². The van der Waals surface area contributed by atoms with E-state index in [1.807, 2.05) is 0 Å². The van der Waals surface area contributed by atoms with Gasteiger partial charge in [0.1, 0.15) is 0 Å². The van der Waals surface area contributed by atoms with Crippen LogP contribution in [0.2, 0.25) is 0 Å². The topological polar surface area (TPSA) is 92.2 Å². The van der Waals surface area contributed by atoms with Crippen molar-refractivity contribution in [2.75, 3.05) is 0 Å². The standard InChI is InChI=1S/C13H17N3O3/c17-11(14-9-10-4-3-7-15-16-10)8-13(12(18)19)5-1-2-6-13/h3-4,7H,1-2,5-6,8-9H2,(H,14,17)(H,18,19). The van der Waals surface area contributed by atoms with Gasteiger partial charge in [-0.25, -0.2) is 0 Å². The number of carboxylic acids is 1. The third-order valence-electron chi connectivity index (χ3n) is 3.61. The molecular weight excluding hydrogens is 246 g/mol. The monoisotopic (exact) mass is 263 g/mol. The lowest BCUT2D eigenvalue weighted by Crippen LogP contribution is -2.35. The Morgan fingerprint density at radius 3 is 2.68 bits per heavy atom. The minimum Gasteiger partial charge on any atom is -0.481 e. The summed E-state index contributed by atoms with van der Waals surface area (Å²) in [4.78, 5) is 23.2. The van der Waals surface area contributed by atoms with E-state index < -0.39 is 11.4 Å². The summed E-state index contributed by atoms with van der Waals surface area (Å²) in [6.45, 7) is 0.280. The number of carbonyl (C=O) groups is 2. The summed E-state index contributed by atoms with van der Waals surface area (Å²) in [6.07, 6.45) is 4.53. The van der Waals surface area contributed by atoms with Gasteiger partial charge in [0.25, 0.3) is 0 Å². The van der Waals surface area contributed by atoms with Crippen molar-refractivity contribution in [3.8, 4) is 0 Å². The van der Waals surface area contributed by atoms with Crippen molar-refractivity contribution >= 4 is 11.9 Å². The summed E-state index contributed by atoms with van der Waals surface area (Å²) in [5, 5.41) is 19.6. The first-order chi connectivity index (χ1) is 9.12. The lowest BCUT2D eigenvalue weighted by atomic mass is 9.82. The summed E-state index contributed by atoms with van der Waals surface area (Å²) in [7, 11) is 0. The Kier molecular flexibility index (Phi) is 4.09. The van der Waals surface area contributed by atoms with Crippen molar-refractivity contribution in [1.82, 2.24) is 15.5 Å². The fourth-order valence-corrected chi connectivity index (χ4v) is 2.50. The molecule has 0 atom stereocenters. The van der Waals surface area contributed by atoms with Crippen LogP contribution >= 0.6 is 0 Å². The molecule has 0 aromatic carbocycles. The molecule has 1 amide bonds. The highest BCUT2D eigenvalue weighted by molar-refractivity contribution is 5.85. The van der Waals surface area contributed by atoms with E-state index in [1.54, 1.807) is 18.3 Å². The van der Waals surface area contributed by atoms with E-state index in [0.717, 1.165) is 12.8 Å². The lowest BCUT2D eigenvalue weighted by Gasteiger charge is -2.22. The predicted molar refractivity (Wildman–Crippen MR) is 67.0 cm³/mol. The average Bonchev–Trinajstić information content (AvgIpc) is 2.87. The van der Waals surface area contributed by atoms with Gasteiger partial charge in [0.2, 0.25) is 5.91 Å². The van der Waals surface area contributed by atoms with E-state index >= 15 is 0 Å². The molecule has 102 valence electrons. The van der Waals surface area contributed by atoms with E-state index in [4.69, 9.17) is 0 Å². The van der Waals surface area contributed by atoms with Crippen LogP contribution in [0.3, 0.4) is 0 Å². The van der Waals surface area contributed by atoms with Crippen LogP contribution in [0, 0.1) is 5.41 Å². The fourth-order valence-electron chi connectivity index (χ4n) is 2.50. The van der Waals surface area contributed by atoms with Gasteiger partial charge in [-0.2, -0.15) is 10.2 Å². The highest BCUT2D eigenvalue weighted by Gasteiger charge is 2.42. The van der Waals surface area contributed by atoms with Crippen LogP contribution in [-0.4, -0.2) is 27.2 Å². The van der Waals surface area contributed by atoms with E-state index in [2.05, 4.69) is 15.5 Å². The third-order valence-corrected chi connectivity index (χ3v) is 3.61. The van der Waals surface area contributed by atoms with Crippen molar-refractivity contribution < 1.29 is 14.7 Å². The maximum atomic E-state index is 11.9. The molecule has 6 nitrogen and oxygen atoms in total. The molecular formula is C13H17N3O3. The van der Waals surface area contributed by atoms with Crippen LogP contribution in [0.4, 0.5) is 0 Å². The summed E-state index contributed by atoms with van der Waals surface area (Å²) >= 11 is 0. The third kappa shape index (κ3) is 3.27. The molecule has 2 N–H and O–H groups in total. The first-order valence-corrected chi connectivity index (χ1v) is 6.39. The van der Waals surface area contributed by atoms with Gasteiger partial charge in [-0.1, -0.05) is 12.8 Å². The Morgan fingerprint density at radius 2 is 2.11 bits per heavy atom. The molecule has 0 spiro atoms. The first kappa shape index (κ1) is 13.5. The first-order valence-electron chi connectivity index (χ1n) is 6.39. The molecule has 6 heteroatoms. The number of nitrogens with zero attached hydrogens (tertiary/aromatic N) is 2. The molecule has 19 heavy (non-hydrogen) atoms. The van der Waals surface area contributed by atoms with Crippen LogP contribution in [0.25, 0.3) is 0 Å². The largest absolute Gasteiger partial charge is 0.481 e. The van der Waals surface area contributed by atoms with Gasteiger partial charge in [0.05, 0.1) is 17.7 Å². The lowest BCUT2D eigenvalue weighted by molar-refractivity contribution is -0.151. The molecule has 0 aliphatic heterocycles. The number of carbonyl (C=O) groups excluding carboxylic acids is 1. The van der Waals surface area contributed by atoms with E-state index in [0.29, 0.717) is 18.5 Å². The predicted octanol–water partition coefficient (Wildman–Crippen LogP) is 1.13. The van der Waals surface area contributed by atoms with Crippen LogP contribution in [0.1, 0.15) is 37.8 Å². The normalized spacial score (nSPS) is 17.1. The number of nitrogens with one attached hydrogen (secondary N) is 1. The summed E-state index contributed by atoms with van der Waals surface area (Å²) in [6, 6.07) is 3.50. The molecule has 1 aromatic heterocycles. The Balaban J connectivity index is 1.88. The van der Waals surface area contributed by atoms with Gasteiger partial charge in [-0.15, -0.1) is 0 Å². The molecule has 1 fully saturated rings. The average molecular weight is 263 g/mol. The number of aliphatic carboxylic acids is 1. The van der Waals surface area contributed by atoms with Crippen LogP contribution < -0.4 is 5.32 Å². The molecule has 1 aromatic rings. The van der Waals surface area contributed by atoms with Crippen molar-refractivity contribution in [1.29, 1.82) is 0 Å². The Bertz CT molecular complexity index is 455. The fraction of sp³-hybridized carbons (Fsp3) is 0.538. The van der Waals surface area contributed by atoms with Crippen molar-refractivity contribution in [2.24, 2.45) is 5.41 Å². The molecule has 1 heterocycles. The number of hydrogen-bond donors (Lipinski definition) is 2. The summed E-state index contributed by atoms with van der Waals surface area (Å²) in [5.41, 5.74) is -0.210. The second-order valence-electron chi connectivity index (χ2n) is 4.96. The quantitative estimate of drug-likeness (QED) is 0.830. The second kappa shape index (κ2) is 5.77. The summed E-state index contributed by atoms with van der Waals surface area (Å²) in [5.74, 6) is -1.10. The van der Waals surface area contributed by atoms with Gasteiger partial charge < -0.3 is 10.4 Å². The maximum absolute atomic E-state index is 11.9. The van der Waals surface area contributed by atoms with Crippen molar-refractivity contribution in [2.45, 2.75) is 38.6 Å². The summed E-state index contributed by atoms with van der Waals surface area (Å²) < 4.78 is 0. The Labute approximate surface area is 111 Å². The highest BCUT2D eigenvalue weighted by Crippen LogP contribution is 2.41. The van der Waals surface area contributed by atoms with Gasteiger partial charge in [-0.3, -0.25) is 9.59 Å². The molecule has 2 rings (SSSR count). The smallest absolute Gasteiger partial charge is 0.310 e. The number of amides is 1. The highest BCUT2D eigenvalue weighted by atomic mass is 16.4. The minimum absolute atomic E-state index is 0.0442. The number of carboxylic acid groups (broad SMARTS) is 1. The molecule has 0 radical (unpaired) electrons. The Hall–Kier alpha value is -1.98. The number of rotatable bonds is 5. The molecule has 0 unspecified atom stereocenters. The van der Waals surface area contributed by atoms with E-state index in [-0.39, 0.29) is 18.9 Å². The SMILES string of the molecule is O=C(CC1(C(=O)O)CCCC1)NCc1cccnn1. The second-order valence-corrected chi connectivity index (χ2v) is 4.96. The van der Waals surface area contributed by atoms with Gasteiger partial charge in [0.15, 0.2) is 0 Å². The van der Waals surface area contributed by atoms with Gasteiger partial charge >= 0.3 is 5.97 Å². The van der Waals surface area contributed by atoms with Crippen LogP contribution in [0.5, 0.6) is 0 Å². The van der Waals surface area contributed by atoms with Crippen LogP contribution in [-0.2, 0) is 16.1 Å². The van der Waals surface area contributed by atoms with Crippen LogP contribution in [0.15, 0.2) is 18.3 Å².